The van der Waals surface area contributed by atoms with Gasteiger partial charge in [-0.1, -0.05) is 31.2 Å². The van der Waals surface area contributed by atoms with Crippen LogP contribution in [0.1, 0.15) is 50.2 Å². The normalized spacial score (nSPS) is 34.2. The van der Waals surface area contributed by atoms with E-state index in [0.717, 1.165) is 32.5 Å². The number of ether oxygens (including phenoxy) is 1. The van der Waals surface area contributed by atoms with Crippen LogP contribution in [0.25, 0.3) is 0 Å². The Kier molecular flexibility index (Phi) is 4.34. The summed E-state index contributed by atoms with van der Waals surface area (Å²) < 4.78 is 5.84. The molecule has 0 radical (unpaired) electrons. The van der Waals surface area contributed by atoms with Gasteiger partial charge in [0.2, 0.25) is 0 Å². The van der Waals surface area contributed by atoms with Gasteiger partial charge in [0, 0.05) is 26.2 Å². The second kappa shape index (κ2) is 6.07. The van der Waals surface area contributed by atoms with Gasteiger partial charge in [0.1, 0.15) is 0 Å². The van der Waals surface area contributed by atoms with Gasteiger partial charge < -0.3 is 10.5 Å². The van der Waals surface area contributed by atoms with Crippen molar-refractivity contribution in [2.45, 2.75) is 50.7 Å². The van der Waals surface area contributed by atoms with Crippen molar-refractivity contribution in [1.29, 1.82) is 0 Å². The van der Waals surface area contributed by atoms with E-state index in [4.69, 9.17) is 10.5 Å². The first-order chi connectivity index (χ1) is 10.2. The number of nitrogens with zero attached hydrogens (tertiary/aromatic N) is 1. The molecule has 0 saturated carbocycles. The first kappa shape index (κ1) is 15.0. The predicted molar refractivity (Wildman–Crippen MR) is 86.4 cm³/mol. The molecular formula is C18H28N2O. The van der Waals surface area contributed by atoms with Crippen LogP contribution in [0.2, 0.25) is 0 Å². The highest BCUT2D eigenvalue weighted by atomic mass is 16.5. The van der Waals surface area contributed by atoms with E-state index in [2.05, 4.69) is 43.0 Å². The van der Waals surface area contributed by atoms with Crippen molar-refractivity contribution in [2.75, 3.05) is 26.2 Å². The zero-order valence-electron chi connectivity index (χ0n) is 13.3. The first-order valence-corrected chi connectivity index (χ1v) is 8.33. The molecule has 3 atom stereocenters. The van der Waals surface area contributed by atoms with Crippen molar-refractivity contribution < 1.29 is 4.74 Å². The minimum atomic E-state index is 0.00502. The lowest BCUT2D eigenvalue weighted by atomic mass is 9.71. The number of nitrogens with two attached hydrogens (primary N) is 1. The van der Waals surface area contributed by atoms with Gasteiger partial charge in [0.05, 0.1) is 11.6 Å². The molecule has 0 spiro atoms. The molecule has 3 nitrogen and oxygen atoms in total. The molecule has 0 aromatic heterocycles. The number of hydrogen-bond acceptors (Lipinski definition) is 3. The van der Waals surface area contributed by atoms with Crippen molar-refractivity contribution in [3.63, 3.8) is 0 Å². The molecular weight excluding hydrogens is 260 g/mol. The Morgan fingerprint density at radius 2 is 2.14 bits per heavy atom. The molecule has 3 rings (SSSR count). The molecule has 1 saturated heterocycles. The fourth-order valence-corrected chi connectivity index (χ4v) is 4.15. The molecule has 1 aliphatic carbocycles. The lowest BCUT2D eigenvalue weighted by molar-refractivity contribution is 0.0274. The van der Waals surface area contributed by atoms with E-state index in [1.165, 1.54) is 17.5 Å². The monoisotopic (exact) mass is 288 g/mol. The van der Waals surface area contributed by atoms with Crippen LogP contribution < -0.4 is 5.73 Å². The third-order valence-corrected chi connectivity index (χ3v) is 5.38. The second-order valence-electron chi connectivity index (χ2n) is 6.74. The Morgan fingerprint density at radius 1 is 1.33 bits per heavy atom. The largest absolute Gasteiger partial charge is 0.377 e. The molecule has 3 unspecified atom stereocenters. The maximum atomic E-state index is 6.34. The van der Waals surface area contributed by atoms with E-state index in [0.29, 0.717) is 18.6 Å². The maximum absolute atomic E-state index is 6.34. The minimum Gasteiger partial charge on any atom is -0.377 e. The van der Waals surface area contributed by atoms with Crippen LogP contribution in [-0.4, -0.2) is 37.2 Å². The van der Waals surface area contributed by atoms with Gasteiger partial charge in [-0.25, -0.2) is 0 Å². The van der Waals surface area contributed by atoms with Crippen LogP contribution >= 0.6 is 0 Å². The lowest BCUT2D eigenvalue weighted by Gasteiger charge is -2.48. The van der Waals surface area contributed by atoms with Crippen molar-refractivity contribution in [3.8, 4) is 0 Å². The summed E-state index contributed by atoms with van der Waals surface area (Å²) >= 11 is 0. The number of benzene rings is 1. The predicted octanol–water partition coefficient (Wildman–Crippen LogP) is 2.85. The topological polar surface area (TPSA) is 38.5 Å². The van der Waals surface area contributed by atoms with E-state index in [9.17, 15) is 0 Å². The number of rotatable bonds is 2. The van der Waals surface area contributed by atoms with Gasteiger partial charge in [0.15, 0.2) is 0 Å². The molecule has 116 valence electrons. The maximum Gasteiger partial charge on any atom is 0.0674 e. The van der Waals surface area contributed by atoms with Crippen molar-refractivity contribution in [1.82, 2.24) is 4.90 Å². The smallest absolute Gasteiger partial charge is 0.0674 e. The van der Waals surface area contributed by atoms with Crippen molar-refractivity contribution in [2.24, 2.45) is 5.73 Å². The Balaban J connectivity index is 2.02. The zero-order chi connectivity index (χ0) is 14.9. The summed E-state index contributed by atoms with van der Waals surface area (Å²) in [6.45, 7) is 8.16. The Bertz CT molecular complexity index is 490. The van der Waals surface area contributed by atoms with Crippen LogP contribution in [0.4, 0.5) is 0 Å². The molecule has 2 N–H and O–H groups in total. The van der Waals surface area contributed by atoms with Crippen LogP contribution in [0.3, 0.4) is 0 Å². The third kappa shape index (κ3) is 2.63. The minimum absolute atomic E-state index is 0.00502. The molecule has 3 heteroatoms. The van der Waals surface area contributed by atoms with Gasteiger partial charge in [-0.2, -0.15) is 0 Å². The molecule has 1 aromatic carbocycles. The van der Waals surface area contributed by atoms with Gasteiger partial charge in [-0.15, -0.1) is 0 Å². The average Bonchev–Trinajstić information content (AvgIpc) is 2.73. The van der Waals surface area contributed by atoms with Gasteiger partial charge in [-0.3, -0.25) is 4.90 Å². The van der Waals surface area contributed by atoms with Crippen LogP contribution in [-0.2, 0) is 10.3 Å². The summed E-state index contributed by atoms with van der Waals surface area (Å²) in [5.41, 5.74) is 9.30. The van der Waals surface area contributed by atoms with E-state index in [1.807, 2.05) is 0 Å². The highest BCUT2D eigenvalue weighted by molar-refractivity contribution is 5.39. The summed E-state index contributed by atoms with van der Waals surface area (Å²) in [7, 11) is 0. The molecule has 1 aromatic rings. The fraction of sp³-hybridized carbons (Fsp3) is 0.667. The van der Waals surface area contributed by atoms with Crippen molar-refractivity contribution in [3.05, 3.63) is 35.4 Å². The number of hydrogen-bond donors (Lipinski definition) is 1. The highest BCUT2D eigenvalue weighted by Gasteiger charge is 2.42. The molecule has 21 heavy (non-hydrogen) atoms. The second-order valence-corrected chi connectivity index (χ2v) is 6.74. The summed E-state index contributed by atoms with van der Waals surface area (Å²) in [6, 6.07) is 8.92. The van der Waals surface area contributed by atoms with Crippen LogP contribution in [0.15, 0.2) is 24.3 Å². The number of fused-ring (bicyclic) bond motifs is 1. The summed E-state index contributed by atoms with van der Waals surface area (Å²) in [4.78, 5) is 2.61. The zero-order valence-corrected chi connectivity index (χ0v) is 13.3. The summed E-state index contributed by atoms with van der Waals surface area (Å²) in [6.07, 6.45) is 3.78. The molecule has 2 aliphatic rings. The third-order valence-electron chi connectivity index (χ3n) is 5.38. The standard InChI is InChI=1S/C18H28N2O/c1-14-8-9-18(13-19,17-7-4-3-6-16(14)17)20-10-5-11-21-15(2)12-20/h3-4,6-7,14-15H,5,8-13,19H2,1-2H3. The van der Waals surface area contributed by atoms with Crippen LogP contribution in [0, 0.1) is 0 Å². The molecule has 0 amide bonds. The first-order valence-electron chi connectivity index (χ1n) is 8.33. The van der Waals surface area contributed by atoms with Gasteiger partial charge >= 0.3 is 0 Å². The molecule has 1 aliphatic heterocycles. The van der Waals surface area contributed by atoms with Gasteiger partial charge in [-0.05, 0) is 43.2 Å². The molecule has 1 heterocycles. The summed E-state index contributed by atoms with van der Waals surface area (Å²) in [5.74, 6) is 0.640. The highest BCUT2D eigenvalue weighted by Crippen LogP contribution is 2.44. The Morgan fingerprint density at radius 3 is 2.95 bits per heavy atom. The molecule has 1 fully saturated rings. The van der Waals surface area contributed by atoms with E-state index >= 15 is 0 Å². The average molecular weight is 288 g/mol. The quantitative estimate of drug-likeness (QED) is 0.909. The Hall–Kier alpha value is -0.900. The van der Waals surface area contributed by atoms with E-state index in [1.54, 1.807) is 0 Å². The van der Waals surface area contributed by atoms with Crippen LogP contribution in [0.5, 0.6) is 0 Å². The van der Waals surface area contributed by atoms with E-state index < -0.39 is 0 Å². The lowest BCUT2D eigenvalue weighted by Crippen LogP contribution is -2.55. The molecule has 0 bridgehead atoms. The fourth-order valence-electron chi connectivity index (χ4n) is 4.15. The van der Waals surface area contributed by atoms with E-state index in [-0.39, 0.29) is 5.54 Å². The Labute approximate surface area is 128 Å². The van der Waals surface area contributed by atoms with Gasteiger partial charge in [0.25, 0.3) is 0 Å². The van der Waals surface area contributed by atoms with Crippen molar-refractivity contribution >= 4 is 0 Å². The SMILES string of the molecule is CC1CN(C2(CN)CCC(C)c3ccccc32)CCCO1. The summed E-state index contributed by atoms with van der Waals surface area (Å²) in [5, 5.41) is 0.